The first-order valence-electron chi connectivity index (χ1n) is 5.66. The van der Waals surface area contributed by atoms with E-state index in [9.17, 15) is 18.3 Å². The summed E-state index contributed by atoms with van der Waals surface area (Å²) >= 11 is 0. The van der Waals surface area contributed by atoms with Crippen LogP contribution in [0.15, 0.2) is 34.9 Å². The maximum atomic E-state index is 12.6. The minimum atomic E-state index is -4.40. The van der Waals surface area contributed by atoms with E-state index in [1.54, 1.807) is 6.92 Å². The summed E-state index contributed by atoms with van der Waals surface area (Å²) in [4.78, 5) is 4.05. The SMILES string of the molecule is CC(O)Cc1coc(-c2cccc(C(F)(F)F)c2)n1. The van der Waals surface area contributed by atoms with E-state index in [1.165, 1.54) is 18.4 Å². The number of halogens is 3. The van der Waals surface area contributed by atoms with Gasteiger partial charge in [0.2, 0.25) is 5.89 Å². The summed E-state index contributed by atoms with van der Waals surface area (Å²) in [6.45, 7) is 1.60. The summed E-state index contributed by atoms with van der Waals surface area (Å²) in [5.41, 5.74) is 0.00866. The normalized spacial score (nSPS) is 13.5. The van der Waals surface area contributed by atoms with Gasteiger partial charge in [-0.05, 0) is 25.1 Å². The van der Waals surface area contributed by atoms with E-state index in [0.717, 1.165) is 12.1 Å². The first-order valence-corrected chi connectivity index (χ1v) is 5.66. The fraction of sp³-hybridized carbons (Fsp3) is 0.308. The molecule has 0 aliphatic heterocycles. The van der Waals surface area contributed by atoms with Gasteiger partial charge in [0.15, 0.2) is 0 Å². The molecule has 2 rings (SSSR count). The molecule has 0 aliphatic carbocycles. The molecule has 0 amide bonds. The lowest BCUT2D eigenvalue weighted by Gasteiger charge is -2.06. The Balaban J connectivity index is 2.29. The Kier molecular flexibility index (Phi) is 3.61. The van der Waals surface area contributed by atoms with Crippen molar-refractivity contribution in [2.75, 3.05) is 0 Å². The third-order valence-corrected chi connectivity index (χ3v) is 2.49. The monoisotopic (exact) mass is 271 g/mol. The lowest BCUT2D eigenvalue weighted by atomic mass is 10.1. The molecule has 0 aliphatic rings. The van der Waals surface area contributed by atoms with Crippen molar-refractivity contribution in [3.63, 3.8) is 0 Å². The summed E-state index contributed by atoms with van der Waals surface area (Å²) in [6, 6.07) is 4.77. The van der Waals surface area contributed by atoms with Crippen LogP contribution in [0.25, 0.3) is 11.5 Å². The fourth-order valence-electron chi connectivity index (χ4n) is 1.66. The zero-order valence-electron chi connectivity index (χ0n) is 10.1. The minimum absolute atomic E-state index is 0.113. The Hall–Kier alpha value is -1.82. The van der Waals surface area contributed by atoms with E-state index < -0.39 is 17.8 Å². The lowest BCUT2D eigenvalue weighted by molar-refractivity contribution is -0.137. The Labute approximate surface area is 107 Å². The minimum Gasteiger partial charge on any atom is -0.444 e. The van der Waals surface area contributed by atoms with Gasteiger partial charge in [-0.25, -0.2) is 4.98 Å². The van der Waals surface area contributed by atoms with Crippen LogP contribution >= 0.6 is 0 Å². The Morgan fingerprint density at radius 1 is 1.37 bits per heavy atom. The molecule has 1 aromatic heterocycles. The highest BCUT2D eigenvalue weighted by atomic mass is 19.4. The lowest BCUT2D eigenvalue weighted by Crippen LogP contribution is -2.05. The van der Waals surface area contributed by atoms with E-state index in [4.69, 9.17) is 4.42 Å². The van der Waals surface area contributed by atoms with Crippen molar-refractivity contribution < 1.29 is 22.7 Å². The van der Waals surface area contributed by atoms with Crippen LogP contribution in [-0.2, 0) is 12.6 Å². The van der Waals surface area contributed by atoms with Gasteiger partial charge in [-0.2, -0.15) is 13.2 Å². The number of aromatic nitrogens is 1. The molecule has 6 heteroatoms. The third kappa shape index (κ3) is 3.35. The van der Waals surface area contributed by atoms with Gasteiger partial charge < -0.3 is 9.52 Å². The largest absolute Gasteiger partial charge is 0.444 e. The second-order valence-electron chi connectivity index (χ2n) is 4.28. The molecule has 102 valence electrons. The van der Waals surface area contributed by atoms with Crippen LogP contribution in [0.3, 0.4) is 0 Å². The number of aliphatic hydroxyl groups excluding tert-OH is 1. The quantitative estimate of drug-likeness (QED) is 0.931. The first kappa shape index (κ1) is 13.6. The molecule has 0 saturated heterocycles. The van der Waals surface area contributed by atoms with Crippen LogP contribution in [-0.4, -0.2) is 16.2 Å². The van der Waals surface area contributed by atoms with E-state index >= 15 is 0 Å². The summed E-state index contributed by atoms with van der Waals surface area (Å²) in [7, 11) is 0. The number of oxazole rings is 1. The van der Waals surface area contributed by atoms with Gasteiger partial charge in [-0.1, -0.05) is 6.07 Å². The predicted molar refractivity (Wildman–Crippen MR) is 62.3 cm³/mol. The average molecular weight is 271 g/mol. The zero-order chi connectivity index (χ0) is 14.0. The van der Waals surface area contributed by atoms with Gasteiger partial charge >= 0.3 is 6.18 Å². The number of alkyl halides is 3. The molecular weight excluding hydrogens is 259 g/mol. The zero-order valence-corrected chi connectivity index (χ0v) is 10.1. The first-order chi connectivity index (χ1) is 8.86. The average Bonchev–Trinajstić information content (AvgIpc) is 2.76. The van der Waals surface area contributed by atoms with E-state index in [1.807, 2.05) is 0 Å². The molecular formula is C13H12F3NO2. The van der Waals surface area contributed by atoms with E-state index in [0.29, 0.717) is 12.1 Å². The van der Waals surface area contributed by atoms with Crippen LogP contribution in [0.4, 0.5) is 13.2 Å². The van der Waals surface area contributed by atoms with Crippen molar-refractivity contribution in [2.24, 2.45) is 0 Å². The number of aliphatic hydroxyl groups is 1. The fourth-order valence-corrected chi connectivity index (χ4v) is 1.66. The number of benzene rings is 1. The van der Waals surface area contributed by atoms with E-state index in [-0.39, 0.29) is 11.5 Å². The van der Waals surface area contributed by atoms with Gasteiger partial charge in [0.25, 0.3) is 0 Å². The van der Waals surface area contributed by atoms with Crippen molar-refractivity contribution in [3.05, 3.63) is 41.8 Å². The Bertz CT molecular complexity index is 561. The molecule has 19 heavy (non-hydrogen) atoms. The Morgan fingerprint density at radius 2 is 2.11 bits per heavy atom. The van der Waals surface area contributed by atoms with E-state index in [2.05, 4.69) is 4.98 Å². The molecule has 0 radical (unpaired) electrons. The molecule has 0 bridgehead atoms. The third-order valence-electron chi connectivity index (χ3n) is 2.49. The molecule has 1 heterocycles. The number of hydrogen-bond acceptors (Lipinski definition) is 3. The van der Waals surface area contributed by atoms with Crippen LogP contribution in [0.2, 0.25) is 0 Å². The molecule has 2 aromatic rings. The van der Waals surface area contributed by atoms with Gasteiger partial charge in [0.05, 0.1) is 17.4 Å². The van der Waals surface area contributed by atoms with Gasteiger partial charge in [0.1, 0.15) is 6.26 Å². The summed E-state index contributed by atoms with van der Waals surface area (Å²) in [5, 5.41) is 9.21. The molecule has 1 unspecified atom stereocenters. The highest BCUT2D eigenvalue weighted by Gasteiger charge is 2.30. The van der Waals surface area contributed by atoms with Gasteiger partial charge in [-0.15, -0.1) is 0 Å². The van der Waals surface area contributed by atoms with Crippen molar-refractivity contribution in [2.45, 2.75) is 25.6 Å². The second kappa shape index (κ2) is 5.05. The predicted octanol–water partition coefficient (Wildman–Crippen LogP) is 3.28. The van der Waals surface area contributed by atoms with Crippen molar-refractivity contribution in [1.29, 1.82) is 0 Å². The summed E-state index contributed by atoms with van der Waals surface area (Å²) < 4.78 is 42.9. The van der Waals surface area contributed by atoms with Crippen molar-refractivity contribution in [1.82, 2.24) is 4.98 Å². The molecule has 1 N–H and O–H groups in total. The molecule has 0 fully saturated rings. The van der Waals surface area contributed by atoms with Gasteiger partial charge in [0, 0.05) is 12.0 Å². The second-order valence-corrected chi connectivity index (χ2v) is 4.28. The summed E-state index contributed by atoms with van der Waals surface area (Å²) in [5.74, 6) is 0.113. The molecule has 3 nitrogen and oxygen atoms in total. The number of rotatable bonds is 3. The maximum Gasteiger partial charge on any atom is 0.416 e. The molecule has 0 spiro atoms. The van der Waals surface area contributed by atoms with Crippen LogP contribution in [0, 0.1) is 0 Å². The smallest absolute Gasteiger partial charge is 0.416 e. The molecule has 0 saturated carbocycles. The number of hydrogen-bond donors (Lipinski definition) is 1. The summed E-state index contributed by atoms with van der Waals surface area (Å²) in [6.07, 6.45) is -3.35. The van der Waals surface area contributed by atoms with Gasteiger partial charge in [-0.3, -0.25) is 0 Å². The molecule has 1 aromatic carbocycles. The van der Waals surface area contributed by atoms with Crippen LogP contribution in [0.1, 0.15) is 18.2 Å². The molecule has 1 atom stereocenters. The van der Waals surface area contributed by atoms with Crippen molar-refractivity contribution >= 4 is 0 Å². The standard InChI is InChI=1S/C13H12F3NO2/c1-8(18)5-11-7-19-12(17-11)9-3-2-4-10(6-9)13(14,15)16/h2-4,6-8,18H,5H2,1H3. The van der Waals surface area contributed by atoms with Crippen LogP contribution in [0.5, 0.6) is 0 Å². The number of nitrogens with zero attached hydrogens (tertiary/aromatic N) is 1. The topological polar surface area (TPSA) is 46.3 Å². The maximum absolute atomic E-state index is 12.6. The van der Waals surface area contributed by atoms with Crippen LogP contribution < -0.4 is 0 Å². The highest BCUT2D eigenvalue weighted by molar-refractivity contribution is 5.54. The van der Waals surface area contributed by atoms with Crippen molar-refractivity contribution in [3.8, 4) is 11.5 Å². The Morgan fingerprint density at radius 3 is 2.74 bits per heavy atom. The highest BCUT2D eigenvalue weighted by Crippen LogP contribution is 2.31.